The molecule has 85 heavy (non-hydrogen) atoms. The number of amides is 10. The third kappa shape index (κ3) is 20.3. The maximum Gasteiger partial charge on any atom is 0.305 e. The lowest BCUT2D eigenvalue weighted by molar-refractivity contribution is -0.144. The number of carbonyl (C=O) groups is 11. The highest BCUT2D eigenvalue weighted by atomic mass is 16.4. The van der Waals surface area contributed by atoms with E-state index in [2.05, 4.69) is 47.5 Å². The van der Waals surface area contributed by atoms with E-state index in [0.29, 0.717) is 24.0 Å². The summed E-state index contributed by atoms with van der Waals surface area (Å²) in [5, 5.41) is 32.0. The Kier molecular flexibility index (Phi) is 25.7. The summed E-state index contributed by atoms with van der Waals surface area (Å²) < 4.78 is 0. The van der Waals surface area contributed by atoms with Crippen LogP contribution in [0.3, 0.4) is 0 Å². The number of nitrogens with two attached hydrogens (primary N) is 2. The molecule has 10 atom stereocenters. The molecule has 0 unspecified atom stereocenters. The standard InChI is InChI=1S/C60H89N13O12/c1-33(2)28-40-51(77)68-43(30-37-18-11-9-12-19-37)58(84)73-27-17-24-46(73)55(81)71-49(36(7)8)57(83)67-42(32-47(74)75)53(79)66-41(29-34(3)4)52(78)69-44(31-38-20-13-10-14-21-38)59(85)72-26-16-23-45(72)54(80)70-48(35(5)6)56(82)64-39(50(76)65-40)22-15-25-63-60(61)62/h9-14,18-21,33-36,39-46,48-49H,15-17,22-32H2,1-8H3,(H,64,82)(H,65,76)(H,66,79)(H,67,83)(H,68,77)(H,69,78)(H,70,80)(H,71,81)(H,74,75)(H4,61,62,63)/t39-,40-,41-,42-,43+,44+,45-,46-,48-,49-/m0/s1. The molecule has 0 bridgehead atoms. The lowest BCUT2D eigenvalue weighted by atomic mass is 9.99. The smallest absolute Gasteiger partial charge is 0.305 e. The van der Waals surface area contributed by atoms with Gasteiger partial charge in [-0.3, -0.25) is 57.7 Å². The number of fused-ring (bicyclic) bond motifs is 2. The molecule has 3 fully saturated rings. The predicted octanol–water partition coefficient (Wildman–Crippen LogP) is 0.278. The van der Waals surface area contributed by atoms with Gasteiger partial charge in [-0.25, -0.2) is 0 Å². The second kappa shape index (κ2) is 32.2. The molecule has 3 heterocycles. The normalized spacial score (nSPS) is 25.9. The number of rotatable bonds is 16. The number of carbonyl (C=O) groups excluding carboxylic acids is 10. The van der Waals surface area contributed by atoms with Gasteiger partial charge in [0.15, 0.2) is 5.96 Å². The zero-order valence-electron chi connectivity index (χ0n) is 50.2. The minimum absolute atomic E-state index is 0.000554. The van der Waals surface area contributed by atoms with Gasteiger partial charge in [0.25, 0.3) is 0 Å². The van der Waals surface area contributed by atoms with E-state index in [1.165, 1.54) is 9.80 Å². The molecule has 3 aliphatic heterocycles. The Morgan fingerprint density at radius 2 is 0.871 bits per heavy atom. The van der Waals surface area contributed by atoms with Gasteiger partial charge < -0.3 is 68.9 Å². The Morgan fingerprint density at radius 1 is 0.506 bits per heavy atom. The van der Waals surface area contributed by atoms with Gasteiger partial charge in [0.05, 0.1) is 6.42 Å². The second-order valence-corrected chi connectivity index (χ2v) is 23.9. The lowest BCUT2D eigenvalue weighted by Crippen LogP contribution is -2.62. The Balaban J connectivity index is 1.60. The number of nitrogens with one attached hydrogen (secondary N) is 8. The van der Waals surface area contributed by atoms with Crippen LogP contribution in [0.25, 0.3) is 0 Å². The molecule has 10 amide bonds. The second-order valence-electron chi connectivity index (χ2n) is 23.9. The quantitative estimate of drug-likeness (QED) is 0.0611. The first kappa shape index (κ1) is 67.7. The van der Waals surface area contributed by atoms with Gasteiger partial charge in [-0.1, -0.05) is 116 Å². The SMILES string of the molecule is CC(C)C[C@@H]1NC(=O)[C@H](CC(=O)O)NC(=O)[C@H](C(C)C)NC(=O)[C@@H]2CCCN2C(=O)[C@@H](Cc2ccccc2)NC(=O)[C@H](CC(C)C)NC(=O)[C@H](CCCN=C(N)N)NC(=O)[C@H](C(C)C)NC(=O)[C@@H]2CCCN2C(=O)[C@@H](Cc2ccccc2)NC1=O. The molecule has 0 spiro atoms. The molecule has 25 nitrogen and oxygen atoms in total. The Hall–Kier alpha value is -8.12. The van der Waals surface area contributed by atoms with Crippen molar-refractivity contribution in [3.63, 3.8) is 0 Å². The van der Waals surface area contributed by atoms with Gasteiger partial charge in [0.2, 0.25) is 59.1 Å². The highest BCUT2D eigenvalue weighted by Gasteiger charge is 2.43. The van der Waals surface area contributed by atoms with Gasteiger partial charge in [0.1, 0.15) is 60.4 Å². The molecule has 3 saturated heterocycles. The van der Waals surface area contributed by atoms with Crippen LogP contribution < -0.4 is 54.0 Å². The number of carboxylic acid groups (broad SMARTS) is 1. The topological polar surface area (TPSA) is 375 Å². The molecule has 2 aromatic rings. The van der Waals surface area contributed by atoms with Crippen molar-refractivity contribution in [3.8, 4) is 0 Å². The maximum atomic E-state index is 14.9. The number of benzene rings is 2. The summed E-state index contributed by atoms with van der Waals surface area (Å²) in [7, 11) is 0. The molecule has 13 N–H and O–H groups in total. The van der Waals surface area contributed by atoms with Crippen LogP contribution >= 0.6 is 0 Å². The van der Waals surface area contributed by atoms with Crippen molar-refractivity contribution in [2.45, 2.75) is 186 Å². The summed E-state index contributed by atoms with van der Waals surface area (Å²) in [6, 6.07) is 4.36. The zero-order valence-corrected chi connectivity index (χ0v) is 50.2. The molecule has 3 aliphatic rings. The highest BCUT2D eigenvalue weighted by Crippen LogP contribution is 2.24. The van der Waals surface area contributed by atoms with Gasteiger partial charge in [0, 0.05) is 32.5 Å². The van der Waals surface area contributed by atoms with Crippen LogP contribution in [0.15, 0.2) is 65.7 Å². The van der Waals surface area contributed by atoms with E-state index in [1.807, 2.05) is 13.8 Å². The summed E-state index contributed by atoms with van der Waals surface area (Å²) in [4.78, 5) is 165. The van der Waals surface area contributed by atoms with Crippen LogP contribution in [-0.2, 0) is 65.6 Å². The Morgan fingerprint density at radius 3 is 1.25 bits per heavy atom. The fourth-order valence-corrected chi connectivity index (χ4v) is 10.8. The summed E-state index contributed by atoms with van der Waals surface area (Å²) in [5.41, 5.74) is 12.5. The van der Waals surface area contributed by atoms with E-state index in [0.717, 1.165) is 0 Å². The molecule has 0 aromatic heterocycles. The zero-order chi connectivity index (χ0) is 62.7. The third-order valence-electron chi connectivity index (χ3n) is 15.2. The van der Waals surface area contributed by atoms with Crippen LogP contribution in [0.1, 0.15) is 124 Å². The van der Waals surface area contributed by atoms with Crippen LogP contribution in [0.5, 0.6) is 0 Å². The lowest BCUT2D eigenvalue weighted by Gasteiger charge is -2.33. The van der Waals surface area contributed by atoms with Gasteiger partial charge in [-0.2, -0.15) is 0 Å². The highest BCUT2D eigenvalue weighted by molar-refractivity contribution is 6.00. The van der Waals surface area contributed by atoms with Crippen molar-refractivity contribution < 1.29 is 57.8 Å². The molecule has 25 heteroatoms. The molecular weight excluding hydrogens is 1090 g/mol. The fourth-order valence-electron chi connectivity index (χ4n) is 10.8. The van der Waals surface area contributed by atoms with Crippen LogP contribution in [0.4, 0.5) is 0 Å². The number of guanidine groups is 1. The Labute approximate surface area is 497 Å². The minimum atomic E-state index is -1.77. The summed E-state index contributed by atoms with van der Waals surface area (Å²) >= 11 is 0. The van der Waals surface area contributed by atoms with E-state index in [-0.39, 0.29) is 88.8 Å². The molecule has 466 valence electrons. The first-order valence-corrected chi connectivity index (χ1v) is 29.6. The number of nitrogens with zero attached hydrogens (tertiary/aromatic N) is 3. The van der Waals surface area contributed by atoms with Crippen molar-refractivity contribution in [1.29, 1.82) is 0 Å². The van der Waals surface area contributed by atoms with Crippen LogP contribution in [-0.4, -0.2) is 166 Å². The van der Waals surface area contributed by atoms with E-state index in [9.17, 15) is 57.8 Å². The Bertz CT molecular complexity index is 2700. The number of hydrogen-bond acceptors (Lipinski definition) is 12. The van der Waals surface area contributed by atoms with E-state index >= 15 is 0 Å². The summed E-state index contributed by atoms with van der Waals surface area (Å²) in [5.74, 6) is -11.0. The van der Waals surface area contributed by atoms with Crippen molar-refractivity contribution in [2.24, 2.45) is 40.1 Å². The van der Waals surface area contributed by atoms with E-state index in [4.69, 9.17) is 11.5 Å². The van der Waals surface area contributed by atoms with Gasteiger partial charge >= 0.3 is 5.97 Å². The number of aliphatic carboxylic acids is 1. The number of hydrogen-bond donors (Lipinski definition) is 11. The van der Waals surface area contributed by atoms with Crippen LogP contribution in [0, 0.1) is 23.7 Å². The molecule has 5 rings (SSSR count). The molecule has 0 aliphatic carbocycles. The summed E-state index contributed by atoms with van der Waals surface area (Å²) in [6.07, 6.45) is 0.318. The van der Waals surface area contributed by atoms with E-state index in [1.54, 1.807) is 102 Å². The average Bonchev–Trinajstić information content (AvgIpc) is 3.43. The van der Waals surface area contributed by atoms with Gasteiger partial charge in [-0.05, 0) is 86.2 Å². The number of carboxylic acids is 1. The fraction of sp³-hybridized carbons (Fsp3) is 0.600. The predicted molar refractivity (Wildman–Crippen MR) is 316 cm³/mol. The van der Waals surface area contributed by atoms with Crippen molar-refractivity contribution in [3.05, 3.63) is 71.8 Å². The van der Waals surface area contributed by atoms with E-state index < -0.39 is 144 Å². The van der Waals surface area contributed by atoms with Crippen molar-refractivity contribution in [2.75, 3.05) is 19.6 Å². The third-order valence-corrected chi connectivity index (χ3v) is 15.2. The first-order chi connectivity index (χ1) is 40.2. The molecule has 0 saturated carbocycles. The molecule has 2 aromatic carbocycles. The largest absolute Gasteiger partial charge is 0.481 e. The first-order valence-electron chi connectivity index (χ1n) is 29.6. The van der Waals surface area contributed by atoms with Gasteiger partial charge in [-0.15, -0.1) is 0 Å². The molecule has 0 radical (unpaired) electrons. The summed E-state index contributed by atoms with van der Waals surface area (Å²) in [6.45, 7) is 14.1. The number of aliphatic imine (C=N–C) groups is 1. The van der Waals surface area contributed by atoms with Crippen molar-refractivity contribution >= 4 is 71.0 Å². The van der Waals surface area contributed by atoms with Crippen LogP contribution in [0.2, 0.25) is 0 Å². The minimum Gasteiger partial charge on any atom is -0.481 e. The maximum absolute atomic E-state index is 14.9. The average molecular weight is 1180 g/mol. The molecular formula is C60H89N13O12. The van der Waals surface area contributed by atoms with Crippen molar-refractivity contribution in [1.82, 2.24) is 52.3 Å². The monoisotopic (exact) mass is 1180 g/mol.